The predicted molar refractivity (Wildman–Crippen MR) is 43.3 cm³/mol. The van der Waals surface area contributed by atoms with Gasteiger partial charge in [0.1, 0.15) is 12.0 Å². The van der Waals surface area contributed by atoms with Crippen LogP contribution in [0.1, 0.15) is 12.6 Å². The molecule has 0 aliphatic heterocycles. The Hall–Kier alpha value is -1.38. The van der Waals surface area contributed by atoms with Gasteiger partial charge < -0.3 is 4.98 Å². The van der Waals surface area contributed by atoms with E-state index in [4.69, 9.17) is 0 Å². The Labute approximate surface area is 64.5 Å². The van der Waals surface area contributed by atoms with Gasteiger partial charge in [0.15, 0.2) is 0 Å². The average molecular weight is 147 g/mol. The van der Waals surface area contributed by atoms with Gasteiger partial charge in [0, 0.05) is 17.3 Å². The molecule has 0 fully saturated rings. The smallest absolute Gasteiger partial charge is 0.140 e. The fraction of sp³-hybridized carbons (Fsp3) is 0.250. The molecule has 0 aliphatic carbocycles. The third-order valence-electron chi connectivity index (χ3n) is 1.73. The van der Waals surface area contributed by atoms with Crippen molar-refractivity contribution >= 4 is 11.0 Å². The molecule has 0 amide bonds. The second-order valence-corrected chi connectivity index (χ2v) is 2.47. The third-order valence-corrected chi connectivity index (χ3v) is 1.73. The molecule has 2 aromatic rings. The van der Waals surface area contributed by atoms with Gasteiger partial charge in [-0.2, -0.15) is 0 Å². The van der Waals surface area contributed by atoms with E-state index in [1.165, 1.54) is 5.69 Å². The summed E-state index contributed by atoms with van der Waals surface area (Å²) in [5, 5.41) is 1.09. The molecule has 0 saturated carbocycles. The summed E-state index contributed by atoms with van der Waals surface area (Å²) in [5.74, 6) is 0. The summed E-state index contributed by atoms with van der Waals surface area (Å²) in [5.41, 5.74) is 2.14. The molecule has 3 nitrogen and oxygen atoms in total. The molecule has 0 bridgehead atoms. The predicted octanol–water partition coefficient (Wildman–Crippen LogP) is 1.52. The van der Waals surface area contributed by atoms with E-state index in [2.05, 4.69) is 27.9 Å². The molecule has 0 aromatic carbocycles. The molecule has 56 valence electrons. The third kappa shape index (κ3) is 0.981. The Bertz CT molecular complexity index is 331. The van der Waals surface area contributed by atoms with Crippen LogP contribution < -0.4 is 0 Å². The number of H-pyrrole nitrogens is 1. The van der Waals surface area contributed by atoms with Crippen LogP contribution in [0.5, 0.6) is 0 Å². The van der Waals surface area contributed by atoms with Gasteiger partial charge in [-0.1, -0.05) is 6.92 Å². The first-order valence-corrected chi connectivity index (χ1v) is 3.67. The van der Waals surface area contributed by atoms with Gasteiger partial charge in [0.2, 0.25) is 0 Å². The highest BCUT2D eigenvalue weighted by Crippen LogP contribution is 2.10. The van der Waals surface area contributed by atoms with Gasteiger partial charge in [-0.15, -0.1) is 0 Å². The Balaban J connectivity index is 2.69. The molecule has 11 heavy (non-hydrogen) atoms. The van der Waals surface area contributed by atoms with E-state index in [0.29, 0.717) is 0 Å². The maximum atomic E-state index is 4.08. The number of hydrogen-bond donors (Lipinski definition) is 1. The Morgan fingerprint density at radius 2 is 2.45 bits per heavy atom. The van der Waals surface area contributed by atoms with E-state index >= 15 is 0 Å². The summed E-state index contributed by atoms with van der Waals surface area (Å²) in [6.07, 6.45) is 4.38. The van der Waals surface area contributed by atoms with Crippen molar-refractivity contribution in [2.75, 3.05) is 0 Å². The number of fused-ring (bicyclic) bond motifs is 1. The molecule has 2 aromatic heterocycles. The first-order chi connectivity index (χ1) is 5.40. The lowest BCUT2D eigenvalue weighted by molar-refractivity contribution is 1.06. The molecule has 0 unspecified atom stereocenters. The van der Waals surface area contributed by atoms with Crippen LogP contribution in [0.3, 0.4) is 0 Å². The van der Waals surface area contributed by atoms with Crippen LogP contribution in [0.15, 0.2) is 18.6 Å². The van der Waals surface area contributed by atoms with E-state index in [9.17, 15) is 0 Å². The summed E-state index contributed by atoms with van der Waals surface area (Å²) in [6.45, 7) is 2.11. The standard InChI is InChI=1S/C8H9N3/c1-2-7-3-6-4-9-5-10-8(6)11-7/h3-5H,2H2,1H3,(H,9,10,11). The van der Waals surface area contributed by atoms with E-state index in [0.717, 1.165) is 17.5 Å². The zero-order valence-electron chi connectivity index (χ0n) is 6.33. The van der Waals surface area contributed by atoms with E-state index in [-0.39, 0.29) is 0 Å². The van der Waals surface area contributed by atoms with Crippen molar-refractivity contribution in [3.8, 4) is 0 Å². The van der Waals surface area contributed by atoms with Crippen molar-refractivity contribution in [2.24, 2.45) is 0 Å². The largest absolute Gasteiger partial charge is 0.343 e. The van der Waals surface area contributed by atoms with Gasteiger partial charge in [-0.3, -0.25) is 0 Å². The van der Waals surface area contributed by atoms with Gasteiger partial charge in [0.05, 0.1) is 0 Å². The van der Waals surface area contributed by atoms with E-state index < -0.39 is 0 Å². The molecule has 3 heteroatoms. The highest BCUT2D eigenvalue weighted by atomic mass is 14.9. The lowest BCUT2D eigenvalue weighted by Gasteiger charge is -1.84. The van der Waals surface area contributed by atoms with E-state index in [1.807, 2.05) is 6.20 Å². The van der Waals surface area contributed by atoms with Crippen molar-refractivity contribution < 1.29 is 0 Å². The molecule has 0 spiro atoms. The summed E-state index contributed by atoms with van der Waals surface area (Å²) >= 11 is 0. The lowest BCUT2D eigenvalue weighted by Crippen LogP contribution is -1.78. The van der Waals surface area contributed by atoms with Crippen LogP contribution in [0, 0.1) is 0 Å². The van der Waals surface area contributed by atoms with Crippen molar-refractivity contribution in [2.45, 2.75) is 13.3 Å². The normalized spacial score (nSPS) is 10.6. The average Bonchev–Trinajstić information content (AvgIpc) is 2.46. The first kappa shape index (κ1) is 6.34. The second-order valence-electron chi connectivity index (χ2n) is 2.47. The van der Waals surface area contributed by atoms with Crippen molar-refractivity contribution in [3.63, 3.8) is 0 Å². The number of rotatable bonds is 1. The molecule has 0 saturated heterocycles. The highest BCUT2D eigenvalue weighted by molar-refractivity contribution is 5.74. The minimum Gasteiger partial charge on any atom is -0.343 e. The summed E-state index contributed by atoms with van der Waals surface area (Å²) in [6, 6.07) is 2.08. The Morgan fingerprint density at radius 1 is 1.55 bits per heavy atom. The SMILES string of the molecule is CCc1cc2cncnc2[nH]1. The maximum absolute atomic E-state index is 4.08. The number of nitrogens with zero attached hydrogens (tertiary/aromatic N) is 2. The number of aromatic nitrogens is 3. The zero-order valence-corrected chi connectivity index (χ0v) is 6.33. The molecular weight excluding hydrogens is 138 g/mol. The van der Waals surface area contributed by atoms with Crippen molar-refractivity contribution in [3.05, 3.63) is 24.3 Å². The number of nitrogens with one attached hydrogen (secondary N) is 1. The van der Waals surface area contributed by atoms with E-state index in [1.54, 1.807) is 6.33 Å². The fourth-order valence-electron chi connectivity index (χ4n) is 1.12. The Morgan fingerprint density at radius 3 is 3.18 bits per heavy atom. The monoisotopic (exact) mass is 147 g/mol. The van der Waals surface area contributed by atoms with Crippen LogP contribution in [-0.4, -0.2) is 15.0 Å². The molecule has 2 heterocycles. The summed E-state index contributed by atoms with van der Waals surface area (Å²) in [4.78, 5) is 11.2. The van der Waals surface area contributed by atoms with Crippen molar-refractivity contribution in [1.82, 2.24) is 15.0 Å². The van der Waals surface area contributed by atoms with Crippen LogP contribution in [-0.2, 0) is 6.42 Å². The van der Waals surface area contributed by atoms with Crippen molar-refractivity contribution in [1.29, 1.82) is 0 Å². The number of aromatic amines is 1. The molecule has 1 N–H and O–H groups in total. The first-order valence-electron chi connectivity index (χ1n) is 3.67. The molecule has 0 atom stereocenters. The summed E-state index contributed by atoms with van der Waals surface area (Å²) in [7, 11) is 0. The lowest BCUT2D eigenvalue weighted by atomic mass is 10.3. The molecular formula is C8H9N3. The van der Waals surface area contributed by atoms with Gasteiger partial charge >= 0.3 is 0 Å². The minimum atomic E-state index is 0.928. The van der Waals surface area contributed by atoms with Gasteiger partial charge in [-0.25, -0.2) is 9.97 Å². The Kier molecular flexibility index (Phi) is 1.35. The topological polar surface area (TPSA) is 41.6 Å². The molecule has 0 aliphatic rings. The van der Waals surface area contributed by atoms with Gasteiger partial charge in [0.25, 0.3) is 0 Å². The van der Waals surface area contributed by atoms with Crippen LogP contribution >= 0.6 is 0 Å². The van der Waals surface area contributed by atoms with Crippen LogP contribution in [0.4, 0.5) is 0 Å². The fourth-order valence-corrected chi connectivity index (χ4v) is 1.12. The maximum Gasteiger partial charge on any atom is 0.140 e. The van der Waals surface area contributed by atoms with Crippen LogP contribution in [0.2, 0.25) is 0 Å². The quantitative estimate of drug-likeness (QED) is 0.664. The highest BCUT2D eigenvalue weighted by Gasteiger charge is 1.97. The molecule has 2 rings (SSSR count). The second kappa shape index (κ2) is 2.34. The molecule has 0 radical (unpaired) electrons. The number of hydrogen-bond acceptors (Lipinski definition) is 2. The van der Waals surface area contributed by atoms with Crippen LogP contribution in [0.25, 0.3) is 11.0 Å². The zero-order chi connectivity index (χ0) is 7.68. The number of aryl methyl sites for hydroxylation is 1. The van der Waals surface area contributed by atoms with Gasteiger partial charge in [-0.05, 0) is 12.5 Å². The minimum absolute atomic E-state index is 0.928. The summed E-state index contributed by atoms with van der Waals surface area (Å²) < 4.78 is 0.